The Kier molecular flexibility index (Phi) is 4.61. The molecule has 1 aromatic heterocycles. The molecule has 0 atom stereocenters. The van der Waals surface area contributed by atoms with Crippen LogP contribution in [0.3, 0.4) is 0 Å². The molecule has 0 aliphatic rings. The van der Waals surface area contributed by atoms with Gasteiger partial charge in [0, 0.05) is 16.6 Å². The molecule has 2 nitrogen and oxygen atoms in total. The molecule has 0 amide bonds. The van der Waals surface area contributed by atoms with Gasteiger partial charge in [0.05, 0.1) is 16.1 Å². The highest BCUT2D eigenvalue weighted by atomic mass is 28.3. The van der Waals surface area contributed by atoms with E-state index in [4.69, 9.17) is 0 Å². The van der Waals surface area contributed by atoms with Gasteiger partial charge in [-0.15, -0.1) is 0 Å². The van der Waals surface area contributed by atoms with Gasteiger partial charge >= 0.3 is 0 Å². The summed E-state index contributed by atoms with van der Waals surface area (Å²) in [5, 5.41) is 2.53. The maximum absolute atomic E-state index is 13.4. The highest BCUT2D eigenvalue weighted by Gasteiger charge is 2.31. The minimum absolute atomic E-state index is 0.187. The first-order valence-electron chi connectivity index (χ1n) is 8.29. The summed E-state index contributed by atoms with van der Waals surface area (Å²) < 4.78 is 1.95. The smallest absolute Gasteiger partial charge is 0.254 e. The Bertz CT molecular complexity index is 778. The van der Waals surface area contributed by atoms with Crippen LogP contribution in [-0.4, -0.2) is 20.7 Å². The standard InChI is InChI=1S/C19H29NOSi2/c1-14-17(22(3,4)5)15(2)20(16-12-10-9-11-13-16)19(21)18(14)23(6,7)8/h9-13H,1-8H3. The number of rotatable bonds is 3. The second kappa shape index (κ2) is 5.91. The minimum Gasteiger partial charge on any atom is -0.282 e. The molecule has 0 bridgehead atoms. The predicted molar refractivity (Wildman–Crippen MR) is 107 cm³/mol. The van der Waals surface area contributed by atoms with Crippen LogP contribution in [0.15, 0.2) is 35.1 Å². The van der Waals surface area contributed by atoms with Gasteiger partial charge in [0.15, 0.2) is 0 Å². The van der Waals surface area contributed by atoms with Crippen LogP contribution in [-0.2, 0) is 0 Å². The summed E-state index contributed by atoms with van der Waals surface area (Å²) in [4.78, 5) is 13.4. The number of aromatic nitrogens is 1. The van der Waals surface area contributed by atoms with E-state index in [1.807, 2.05) is 34.9 Å². The second-order valence-corrected chi connectivity index (χ2v) is 18.4. The molecule has 1 aromatic carbocycles. The van der Waals surface area contributed by atoms with Gasteiger partial charge in [-0.2, -0.15) is 0 Å². The Morgan fingerprint density at radius 1 is 0.783 bits per heavy atom. The molecule has 23 heavy (non-hydrogen) atoms. The lowest BCUT2D eigenvalue weighted by Crippen LogP contribution is -2.58. The fourth-order valence-corrected chi connectivity index (χ4v) is 8.38. The van der Waals surface area contributed by atoms with E-state index in [9.17, 15) is 4.79 Å². The molecule has 1 heterocycles. The summed E-state index contributed by atoms with van der Waals surface area (Å²) in [5.41, 5.74) is 3.55. The van der Waals surface area contributed by atoms with Crippen molar-refractivity contribution in [2.24, 2.45) is 0 Å². The third kappa shape index (κ3) is 3.28. The summed E-state index contributed by atoms with van der Waals surface area (Å²) >= 11 is 0. The summed E-state index contributed by atoms with van der Waals surface area (Å²) in [7, 11) is -3.29. The molecule has 0 saturated heterocycles. The number of pyridine rings is 1. The van der Waals surface area contributed by atoms with E-state index in [2.05, 4.69) is 53.1 Å². The first-order valence-corrected chi connectivity index (χ1v) is 15.3. The van der Waals surface area contributed by atoms with Gasteiger partial charge < -0.3 is 0 Å². The quantitative estimate of drug-likeness (QED) is 0.781. The topological polar surface area (TPSA) is 22.0 Å². The second-order valence-electron chi connectivity index (χ2n) is 8.44. The third-order valence-electron chi connectivity index (χ3n) is 4.38. The normalized spacial score (nSPS) is 12.5. The van der Waals surface area contributed by atoms with E-state index >= 15 is 0 Å². The average Bonchev–Trinajstić information content (AvgIpc) is 2.35. The first-order chi connectivity index (χ1) is 10.5. The molecule has 0 radical (unpaired) electrons. The van der Waals surface area contributed by atoms with E-state index in [-0.39, 0.29) is 5.56 Å². The van der Waals surface area contributed by atoms with Crippen LogP contribution in [0.25, 0.3) is 5.69 Å². The van der Waals surface area contributed by atoms with Crippen LogP contribution < -0.4 is 15.9 Å². The fourth-order valence-electron chi connectivity index (χ4n) is 3.81. The van der Waals surface area contributed by atoms with Gasteiger partial charge in [0.25, 0.3) is 5.56 Å². The Morgan fingerprint density at radius 2 is 1.26 bits per heavy atom. The van der Waals surface area contributed by atoms with E-state index < -0.39 is 16.1 Å². The molecule has 4 heteroatoms. The van der Waals surface area contributed by atoms with Gasteiger partial charge in [0.2, 0.25) is 0 Å². The lowest BCUT2D eigenvalue weighted by atomic mass is 10.2. The van der Waals surface area contributed by atoms with Crippen LogP contribution >= 0.6 is 0 Å². The van der Waals surface area contributed by atoms with E-state index in [1.165, 1.54) is 10.8 Å². The predicted octanol–water partition coefficient (Wildman–Crippen LogP) is 3.54. The van der Waals surface area contributed by atoms with Gasteiger partial charge in [-0.25, -0.2) is 0 Å². The summed E-state index contributed by atoms with van der Waals surface area (Å²) in [6, 6.07) is 10.1. The number of hydrogen-bond acceptors (Lipinski definition) is 1. The van der Waals surface area contributed by atoms with Crippen molar-refractivity contribution in [1.82, 2.24) is 4.57 Å². The average molecular weight is 344 g/mol. The molecule has 0 spiro atoms. The molecule has 2 rings (SSSR count). The third-order valence-corrected chi connectivity index (χ3v) is 8.70. The van der Waals surface area contributed by atoms with Crippen LogP contribution in [0.5, 0.6) is 0 Å². The van der Waals surface area contributed by atoms with Crippen LogP contribution in [0.1, 0.15) is 11.3 Å². The lowest BCUT2D eigenvalue weighted by Gasteiger charge is -2.30. The molecule has 0 aliphatic carbocycles. The highest BCUT2D eigenvalue weighted by Crippen LogP contribution is 2.14. The molecule has 0 saturated carbocycles. The summed E-state index contributed by atoms with van der Waals surface area (Å²) in [5.74, 6) is 0. The Morgan fingerprint density at radius 3 is 1.70 bits per heavy atom. The minimum atomic E-state index is -1.73. The molecular formula is C19H29NOSi2. The largest absolute Gasteiger partial charge is 0.282 e. The zero-order chi connectivity index (χ0) is 17.6. The summed E-state index contributed by atoms with van der Waals surface area (Å²) in [6.45, 7) is 18.2. The maximum atomic E-state index is 13.4. The van der Waals surface area contributed by atoms with Gasteiger partial charge in [-0.3, -0.25) is 9.36 Å². The number of para-hydroxylation sites is 1. The SMILES string of the molecule is Cc1c([Si](C)(C)C)c(C)n(-c2ccccc2)c(=O)c1[Si](C)(C)C. The van der Waals surface area contributed by atoms with Crippen molar-refractivity contribution in [1.29, 1.82) is 0 Å². The van der Waals surface area contributed by atoms with Crippen LogP contribution in [0.4, 0.5) is 0 Å². The van der Waals surface area contributed by atoms with Crippen molar-refractivity contribution in [3.05, 3.63) is 51.9 Å². The number of benzene rings is 1. The molecule has 0 N–H and O–H groups in total. The first kappa shape index (κ1) is 17.9. The van der Waals surface area contributed by atoms with E-state index in [0.717, 1.165) is 16.6 Å². The fraction of sp³-hybridized carbons (Fsp3) is 0.421. The molecule has 2 aromatic rings. The van der Waals surface area contributed by atoms with Crippen molar-refractivity contribution in [3.63, 3.8) is 0 Å². The van der Waals surface area contributed by atoms with Gasteiger partial charge in [-0.1, -0.05) is 57.5 Å². The zero-order valence-electron chi connectivity index (χ0n) is 15.7. The highest BCUT2D eigenvalue weighted by molar-refractivity contribution is 6.92. The number of hydrogen-bond donors (Lipinski definition) is 0. The Labute approximate surface area is 142 Å². The van der Waals surface area contributed by atoms with Crippen LogP contribution in [0, 0.1) is 13.8 Å². The molecule has 0 unspecified atom stereocenters. The molecule has 0 aliphatic heterocycles. The summed E-state index contributed by atoms with van der Waals surface area (Å²) in [6.07, 6.45) is 0. The molecular weight excluding hydrogens is 314 g/mol. The Balaban J connectivity index is 3.02. The van der Waals surface area contributed by atoms with Crippen molar-refractivity contribution in [2.45, 2.75) is 53.1 Å². The van der Waals surface area contributed by atoms with Gasteiger partial charge in [-0.05, 0) is 36.7 Å². The van der Waals surface area contributed by atoms with E-state index in [1.54, 1.807) is 0 Å². The zero-order valence-corrected chi connectivity index (χ0v) is 17.7. The van der Waals surface area contributed by atoms with Gasteiger partial charge in [0.1, 0.15) is 0 Å². The van der Waals surface area contributed by atoms with Crippen molar-refractivity contribution in [2.75, 3.05) is 0 Å². The van der Waals surface area contributed by atoms with Crippen molar-refractivity contribution in [3.8, 4) is 5.69 Å². The molecule has 124 valence electrons. The monoisotopic (exact) mass is 343 g/mol. The molecule has 0 fully saturated rings. The maximum Gasteiger partial charge on any atom is 0.254 e. The Hall–Kier alpha value is -1.40. The van der Waals surface area contributed by atoms with Crippen LogP contribution in [0.2, 0.25) is 39.3 Å². The van der Waals surface area contributed by atoms with E-state index in [0.29, 0.717) is 0 Å². The lowest BCUT2D eigenvalue weighted by molar-refractivity contribution is 0.945. The van der Waals surface area contributed by atoms with Crippen molar-refractivity contribution >= 4 is 26.5 Å². The van der Waals surface area contributed by atoms with Crippen molar-refractivity contribution < 1.29 is 0 Å². The number of nitrogens with zero attached hydrogens (tertiary/aromatic N) is 1.